The van der Waals surface area contributed by atoms with Crippen LogP contribution in [0.15, 0.2) is 18.2 Å². The van der Waals surface area contributed by atoms with E-state index in [9.17, 15) is 9.59 Å². The number of nitrogens with one attached hydrogen (secondary N) is 1. The minimum absolute atomic E-state index is 0.0606. The first-order chi connectivity index (χ1) is 10.1. The van der Waals surface area contributed by atoms with E-state index < -0.39 is 5.54 Å². The second-order valence-corrected chi connectivity index (χ2v) is 5.76. The predicted octanol–water partition coefficient (Wildman–Crippen LogP) is 0.717. The molecule has 1 aromatic heterocycles. The Hall–Kier alpha value is -2.11. The molecule has 2 heterocycles. The Kier molecular flexibility index (Phi) is 3.31. The third kappa shape index (κ3) is 2.34. The van der Waals surface area contributed by atoms with Gasteiger partial charge in [0.15, 0.2) is 0 Å². The van der Waals surface area contributed by atoms with Crippen molar-refractivity contribution in [1.82, 2.24) is 15.2 Å². The molecule has 21 heavy (non-hydrogen) atoms. The lowest BCUT2D eigenvalue weighted by Crippen LogP contribution is -2.66. The van der Waals surface area contributed by atoms with Crippen molar-refractivity contribution in [3.05, 3.63) is 23.9 Å². The first kappa shape index (κ1) is 13.9. The van der Waals surface area contributed by atoms with Gasteiger partial charge in [-0.15, -0.1) is 0 Å². The molecule has 0 spiro atoms. The maximum Gasteiger partial charge on any atom is 0.246 e. The van der Waals surface area contributed by atoms with Gasteiger partial charge in [-0.3, -0.25) is 9.59 Å². The number of hydrogen-bond acceptors (Lipinski definition) is 4. The highest BCUT2D eigenvalue weighted by Crippen LogP contribution is 2.44. The van der Waals surface area contributed by atoms with Crippen LogP contribution in [-0.2, 0) is 16.1 Å². The molecule has 0 aromatic carbocycles. The summed E-state index contributed by atoms with van der Waals surface area (Å²) in [6, 6.07) is 5.44. The van der Waals surface area contributed by atoms with Crippen LogP contribution in [0.5, 0.6) is 5.88 Å². The van der Waals surface area contributed by atoms with Crippen LogP contribution in [0, 0.1) is 5.92 Å². The normalized spacial score (nSPS) is 25.7. The van der Waals surface area contributed by atoms with Gasteiger partial charge in [-0.1, -0.05) is 6.07 Å². The minimum atomic E-state index is -0.764. The summed E-state index contributed by atoms with van der Waals surface area (Å²) < 4.78 is 5.11. The Morgan fingerprint density at radius 3 is 2.86 bits per heavy atom. The number of piperazine rings is 1. The number of nitrogens with zero attached hydrogens (tertiary/aromatic N) is 2. The number of pyridine rings is 1. The van der Waals surface area contributed by atoms with E-state index in [-0.39, 0.29) is 24.3 Å². The molecule has 1 atom stereocenters. The van der Waals surface area contributed by atoms with E-state index in [1.54, 1.807) is 18.1 Å². The van der Waals surface area contributed by atoms with Crippen LogP contribution in [0.25, 0.3) is 0 Å². The lowest BCUT2D eigenvalue weighted by atomic mass is 9.89. The topological polar surface area (TPSA) is 71.5 Å². The summed E-state index contributed by atoms with van der Waals surface area (Å²) in [7, 11) is 1.56. The molecular weight excluding hydrogens is 270 g/mol. The van der Waals surface area contributed by atoms with Gasteiger partial charge < -0.3 is 15.0 Å². The second kappa shape index (κ2) is 5.02. The fourth-order valence-corrected chi connectivity index (χ4v) is 2.94. The molecule has 1 unspecified atom stereocenters. The van der Waals surface area contributed by atoms with Crippen molar-refractivity contribution in [2.45, 2.75) is 31.8 Å². The highest BCUT2D eigenvalue weighted by Gasteiger charge is 2.54. The van der Waals surface area contributed by atoms with E-state index in [4.69, 9.17) is 4.74 Å². The standard InChI is InChI=1S/C15H19N3O3/c1-15(10-6-7-10)14(20)16-8-13(19)18(15)9-11-4-3-5-12(17-11)21-2/h3-5,10H,6-9H2,1-2H3,(H,16,20). The molecule has 0 bridgehead atoms. The van der Waals surface area contributed by atoms with Gasteiger partial charge in [-0.05, 0) is 31.7 Å². The molecule has 1 saturated carbocycles. The summed E-state index contributed by atoms with van der Waals surface area (Å²) in [6.45, 7) is 2.25. The highest BCUT2D eigenvalue weighted by atomic mass is 16.5. The first-order valence-corrected chi connectivity index (χ1v) is 7.14. The zero-order valence-electron chi connectivity index (χ0n) is 12.3. The van der Waals surface area contributed by atoms with Gasteiger partial charge in [-0.2, -0.15) is 0 Å². The van der Waals surface area contributed by atoms with Crippen LogP contribution < -0.4 is 10.1 Å². The van der Waals surface area contributed by atoms with Crippen LogP contribution in [0.3, 0.4) is 0 Å². The Morgan fingerprint density at radius 2 is 2.19 bits per heavy atom. The minimum Gasteiger partial charge on any atom is -0.481 e. The third-order valence-corrected chi connectivity index (χ3v) is 4.40. The maximum atomic E-state index is 12.3. The van der Waals surface area contributed by atoms with E-state index >= 15 is 0 Å². The summed E-state index contributed by atoms with van der Waals surface area (Å²) in [6.07, 6.45) is 1.97. The quantitative estimate of drug-likeness (QED) is 0.886. The third-order valence-electron chi connectivity index (χ3n) is 4.40. The molecule has 0 radical (unpaired) electrons. The van der Waals surface area contributed by atoms with Gasteiger partial charge in [0, 0.05) is 6.07 Å². The summed E-state index contributed by atoms with van der Waals surface area (Å²) in [4.78, 5) is 30.6. The summed E-state index contributed by atoms with van der Waals surface area (Å²) in [5.74, 6) is 0.628. The van der Waals surface area contributed by atoms with Crippen molar-refractivity contribution in [2.75, 3.05) is 13.7 Å². The van der Waals surface area contributed by atoms with E-state index in [0.29, 0.717) is 12.4 Å². The fraction of sp³-hybridized carbons (Fsp3) is 0.533. The van der Waals surface area contributed by atoms with Gasteiger partial charge >= 0.3 is 0 Å². The summed E-state index contributed by atoms with van der Waals surface area (Å²) >= 11 is 0. The van der Waals surface area contributed by atoms with Crippen molar-refractivity contribution in [2.24, 2.45) is 5.92 Å². The number of aromatic nitrogens is 1. The predicted molar refractivity (Wildman–Crippen MR) is 75.5 cm³/mol. The average Bonchev–Trinajstić information content (AvgIpc) is 3.33. The summed E-state index contributed by atoms with van der Waals surface area (Å²) in [5.41, 5.74) is -0.0376. The van der Waals surface area contributed by atoms with Gasteiger partial charge in [0.1, 0.15) is 5.54 Å². The fourth-order valence-electron chi connectivity index (χ4n) is 2.94. The number of carbonyl (C=O) groups is 2. The number of carbonyl (C=O) groups excluding carboxylic acids is 2. The molecule has 1 saturated heterocycles. The molecule has 2 amide bonds. The molecule has 1 N–H and O–H groups in total. The Labute approximate surface area is 123 Å². The first-order valence-electron chi connectivity index (χ1n) is 7.14. The van der Waals surface area contributed by atoms with Crippen molar-refractivity contribution in [3.63, 3.8) is 0 Å². The molecule has 3 rings (SSSR count). The van der Waals surface area contributed by atoms with E-state index in [2.05, 4.69) is 10.3 Å². The largest absolute Gasteiger partial charge is 0.481 e. The van der Waals surface area contributed by atoms with Crippen LogP contribution in [-0.4, -0.2) is 40.9 Å². The Balaban J connectivity index is 1.89. The molecule has 2 aliphatic rings. The monoisotopic (exact) mass is 289 g/mol. The van der Waals surface area contributed by atoms with Gasteiger partial charge in [0.2, 0.25) is 17.7 Å². The van der Waals surface area contributed by atoms with E-state index in [0.717, 1.165) is 18.5 Å². The molecular formula is C15H19N3O3. The van der Waals surface area contributed by atoms with Crippen LogP contribution in [0.4, 0.5) is 0 Å². The zero-order valence-corrected chi connectivity index (χ0v) is 12.3. The molecule has 1 aromatic rings. The number of ether oxygens (including phenoxy) is 1. The maximum absolute atomic E-state index is 12.3. The number of amides is 2. The zero-order chi connectivity index (χ0) is 15.0. The SMILES string of the molecule is COc1cccc(CN2C(=O)CNC(=O)C2(C)C2CC2)n1. The number of methoxy groups -OCH3 is 1. The Morgan fingerprint density at radius 1 is 1.43 bits per heavy atom. The van der Waals surface area contributed by atoms with Crippen LogP contribution in [0.2, 0.25) is 0 Å². The second-order valence-electron chi connectivity index (χ2n) is 5.76. The molecule has 112 valence electrons. The van der Waals surface area contributed by atoms with Gasteiger partial charge in [0.05, 0.1) is 25.9 Å². The highest BCUT2D eigenvalue weighted by molar-refractivity contribution is 5.98. The summed E-state index contributed by atoms with van der Waals surface area (Å²) in [5, 5.41) is 2.71. The van der Waals surface area contributed by atoms with Crippen LogP contribution in [0.1, 0.15) is 25.5 Å². The molecule has 1 aliphatic heterocycles. The smallest absolute Gasteiger partial charge is 0.246 e. The number of hydrogen-bond donors (Lipinski definition) is 1. The van der Waals surface area contributed by atoms with Crippen molar-refractivity contribution in [1.29, 1.82) is 0 Å². The van der Waals surface area contributed by atoms with Crippen molar-refractivity contribution < 1.29 is 14.3 Å². The molecule has 6 heteroatoms. The van der Waals surface area contributed by atoms with E-state index in [1.165, 1.54) is 0 Å². The van der Waals surface area contributed by atoms with Crippen molar-refractivity contribution >= 4 is 11.8 Å². The van der Waals surface area contributed by atoms with Gasteiger partial charge in [-0.25, -0.2) is 4.98 Å². The number of rotatable bonds is 4. The molecule has 2 fully saturated rings. The van der Waals surface area contributed by atoms with Crippen molar-refractivity contribution in [3.8, 4) is 5.88 Å². The lowest BCUT2D eigenvalue weighted by molar-refractivity contribution is -0.155. The lowest BCUT2D eigenvalue weighted by Gasteiger charge is -2.43. The molecule has 6 nitrogen and oxygen atoms in total. The average molecular weight is 289 g/mol. The van der Waals surface area contributed by atoms with E-state index in [1.807, 2.05) is 19.1 Å². The Bertz CT molecular complexity index is 585. The van der Waals surface area contributed by atoms with Gasteiger partial charge in [0.25, 0.3) is 0 Å². The molecule has 1 aliphatic carbocycles. The van der Waals surface area contributed by atoms with Crippen LogP contribution >= 0.6 is 0 Å².